The van der Waals surface area contributed by atoms with Crippen LogP contribution in [0.5, 0.6) is 5.75 Å². The highest BCUT2D eigenvalue weighted by Crippen LogP contribution is 2.57. The van der Waals surface area contributed by atoms with Crippen molar-refractivity contribution < 1.29 is 29.1 Å². The van der Waals surface area contributed by atoms with Gasteiger partial charge in [0.05, 0.1) is 30.2 Å². The second-order valence-corrected chi connectivity index (χ2v) is 6.22. The van der Waals surface area contributed by atoms with Crippen LogP contribution in [0.4, 0.5) is 5.69 Å². The van der Waals surface area contributed by atoms with E-state index in [0.29, 0.717) is 5.75 Å². The first-order valence-electron chi connectivity index (χ1n) is 7.58. The first-order chi connectivity index (χ1) is 11.9. The molecule has 3 aliphatic rings. The summed E-state index contributed by atoms with van der Waals surface area (Å²) in [6.45, 7) is -0.629. The maximum atomic E-state index is 12.9. The van der Waals surface area contributed by atoms with Crippen LogP contribution in [0.3, 0.4) is 0 Å². The molecule has 1 N–H and O–H groups in total. The normalized spacial score (nSPS) is 35.4. The number of carbonyl (C=O) groups is 2. The molecule has 0 saturated carbocycles. The first-order valence-corrected chi connectivity index (χ1v) is 7.58. The maximum Gasteiger partial charge on any atom is 0.358 e. The molecule has 25 heavy (non-hydrogen) atoms. The van der Waals surface area contributed by atoms with Gasteiger partial charge in [0.15, 0.2) is 5.92 Å². The molecule has 0 radical (unpaired) electrons. The Morgan fingerprint density at radius 3 is 2.44 bits per heavy atom. The molecule has 0 aromatic heterocycles. The highest BCUT2D eigenvalue weighted by molar-refractivity contribution is 6.23. The van der Waals surface area contributed by atoms with Gasteiger partial charge in [-0.05, 0) is 30.3 Å². The smallest absolute Gasteiger partial charge is 0.358 e. The minimum absolute atomic E-state index is 0.288. The third-order valence-electron chi connectivity index (χ3n) is 5.10. The third-order valence-corrected chi connectivity index (χ3v) is 5.10. The van der Waals surface area contributed by atoms with Gasteiger partial charge in [0.2, 0.25) is 11.8 Å². The van der Waals surface area contributed by atoms with Crippen LogP contribution in [0, 0.1) is 22.0 Å². The lowest BCUT2D eigenvalue weighted by molar-refractivity contribution is -0.613. The van der Waals surface area contributed by atoms with Gasteiger partial charge in [-0.3, -0.25) is 24.4 Å². The quantitative estimate of drug-likeness (QED) is 0.355. The lowest BCUT2D eigenvalue weighted by Gasteiger charge is -2.25. The van der Waals surface area contributed by atoms with Crippen molar-refractivity contribution in [2.24, 2.45) is 11.8 Å². The van der Waals surface area contributed by atoms with Crippen molar-refractivity contribution >= 4 is 17.5 Å². The van der Waals surface area contributed by atoms with Gasteiger partial charge < -0.3 is 9.84 Å². The standard InChI is InChI=1S/C16H14N2O7/c1-24-10-4-2-9(3-5-10)17-13(20)11-12(14(17)21)16(18(22)23)7-6-15(11,8-19)25-16/h2-7,11-12,19H,8H2,1H3/t11-,12+,15+,16-/m1/s1. The molecule has 0 unspecified atom stereocenters. The number of ether oxygens (including phenoxy) is 2. The number of nitrogens with zero attached hydrogens (tertiary/aromatic N) is 2. The van der Waals surface area contributed by atoms with Crippen LogP contribution in [0.25, 0.3) is 0 Å². The van der Waals surface area contributed by atoms with Crippen LogP contribution in [0.1, 0.15) is 0 Å². The van der Waals surface area contributed by atoms with Gasteiger partial charge in [-0.2, -0.15) is 0 Å². The van der Waals surface area contributed by atoms with E-state index >= 15 is 0 Å². The molecule has 0 spiro atoms. The zero-order valence-corrected chi connectivity index (χ0v) is 13.1. The van der Waals surface area contributed by atoms with Gasteiger partial charge in [-0.1, -0.05) is 0 Å². The lowest BCUT2D eigenvalue weighted by Crippen LogP contribution is -2.46. The summed E-state index contributed by atoms with van der Waals surface area (Å²) in [5, 5.41) is 21.3. The van der Waals surface area contributed by atoms with E-state index in [4.69, 9.17) is 9.47 Å². The van der Waals surface area contributed by atoms with Gasteiger partial charge in [0.1, 0.15) is 11.4 Å². The van der Waals surface area contributed by atoms with Crippen molar-refractivity contribution in [3.8, 4) is 5.75 Å². The Hall–Kier alpha value is -2.78. The predicted molar refractivity (Wildman–Crippen MR) is 82.2 cm³/mol. The summed E-state index contributed by atoms with van der Waals surface area (Å²) >= 11 is 0. The zero-order chi connectivity index (χ0) is 18.0. The molecule has 2 amide bonds. The number of amides is 2. The Labute approximate surface area is 141 Å². The molecule has 4 atom stereocenters. The van der Waals surface area contributed by atoms with E-state index in [1.807, 2.05) is 0 Å². The van der Waals surface area contributed by atoms with Crippen molar-refractivity contribution in [3.05, 3.63) is 46.5 Å². The average Bonchev–Trinajstić information content (AvgIpc) is 3.24. The second kappa shape index (κ2) is 4.87. The number of aliphatic hydroxyl groups is 1. The predicted octanol–water partition coefficient (Wildman–Crippen LogP) is 0.105. The summed E-state index contributed by atoms with van der Waals surface area (Å²) in [7, 11) is 1.48. The van der Waals surface area contributed by atoms with E-state index in [9.17, 15) is 24.8 Å². The number of hydrogen-bond donors (Lipinski definition) is 1. The molecule has 9 nitrogen and oxygen atoms in total. The average molecular weight is 346 g/mol. The molecule has 1 aromatic rings. The van der Waals surface area contributed by atoms with E-state index in [-0.39, 0.29) is 5.69 Å². The molecule has 4 rings (SSSR count). The Balaban J connectivity index is 1.80. The van der Waals surface area contributed by atoms with E-state index in [2.05, 4.69) is 0 Å². The van der Waals surface area contributed by atoms with Crippen LogP contribution in [0.15, 0.2) is 36.4 Å². The molecule has 3 heterocycles. The SMILES string of the molecule is COc1ccc(N2C(=O)[C@@H]3[C@H](C2=O)[C@@]2(CO)C=C[C@@]3([N+](=O)[O-])O2)cc1. The first kappa shape index (κ1) is 15.7. The molecule has 2 bridgehead atoms. The number of aliphatic hydroxyl groups excluding tert-OH is 1. The Bertz CT molecular complexity index is 820. The van der Waals surface area contributed by atoms with Gasteiger partial charge in [-0.15, -0.1) is 0 Å². The maximum absolute atomic E-state index is 12.9. The second-order valence-electron chi connectivity index (χ2n) is 6.22. The Morgan fingerprint density at radius 2 is 1.88 bits per heavy atom. The minimum Gasteiger partial charge on any atom is -0.497 e. The summed E-state index contributed by atoms with van der Waals surface area (Å²) in [6.07, 6.45) is 2.48. The Morgan fingerprint density at radius 1 is 1.24 bits per heavy atom. The van der Waals surface area contributed by atoms with Crippen molar-refractivity contribution in [3.63, 3.8) is 0 Å². The van der Waals surface area contributed by atoms with Crippen LogP contribution < -0.4 is 9.64 Å². The van der Waals surface area contributed by atoms with Gasteiger partial charge in [0, 0.05) is 6.08 Å². The zero-order valence-electron chi connectivity index (χ0n) is 13.1. The number of methoxy groups -OCH3 is 1. The molecule has 3 aliphatic heterocycles. The van der Waals surface area contributed by atoms with Gasteiger partial charge >= 0.3 is 5.72 Å². The number of nitro groups is 1. The molecule has 0 aliphatic carbocycles. The van der Waals surface area contributed by atoms with Crippen LogP contribution in [-0.4, -0.2) is 46.9 Å². The summed E-state index contributed by atoms with van der Waals surface area (Å²) in [4.78, 5) is 37.6. The van der Waals surface area contributed by atoms with Crippen molar-refractivity contribution in [2.75, 3.05) is 18.6 Å². The molecule has 1 aromatic carbocycles. The van der Waals surface area contributed by atoms with Crippen molar-refractivity contribution in [1.82, 2.24) is 0 Å². The number of imide groups is 1. The minimum atomic E-state index is -2.12. The summed E-state index contributed by atoms with van der Waals surface area (Å²) < 4.78 is 10.5. The number of hydrogen-bond acceptors (Lipinski definition) is 7. The third kappa shape index (κ3) is 1.73. The molecule has 9 heteroatoms. The summed E-state index contributed by atoms with van der Waals surface area (Å²) in [6, 6.07) is 6.21. The fourth-order valence-electron chi connectivity index (χ4n) is 3.93. The molecular weight excluding hydrogens is 332 g/mol. The van der Waals surface area contributed by atoms with E-state index in [1.54, 1.807) is 12.1 Å². The molecule has 130 valence electrons. The fourth-order valence-corrected chi connectivity index (χ4v) is 3.93. The summed E-state index contributed by atoms with van der Waals surface area (Å²) in [5.41, 5.74) is -3.39. The number of anilines is 1. The van der Waals surface area contributed by atoms with E-state index in [1.165, 1.54) is 25.3 Å². The number of rotatable bonds is 4. The highest BCUT2D eigenvalue weighted by atomic mass is 16.7. The number of fused-ring (bicyclic) bond motifs is 5. The largest absolute Gasteiger partial charge is 0.497 e. The van der Waals surface area contributed by atoms with E-state index < -0.39 is 46.5 Å². The fraction of sp³-hybridized carbons (Fsp3) is 0.375. The molecule has 2 saturated heterocycles. The van der Waals surface area contributed by atoms with Crippen molar-refractivity contribution in [1.29, 1.82) is 0 Å². The number of benzene rings is 1. The topological polar surface area (TPSA) is 119 Å². The molecule has 2 fully saturated rings. The Kier molecular flexibility index (Phi) is 3.06. The van der Waals surface area contributed by atoms with Crippen LogP contribution >= 0.6 is 0 Å². The number of carbonyl (C=O) groups excluding carboxylic acids is 2. The van der Waals surface area contributed by atoms with Gasteiger partial charge in [0.25, 0.3) is 0 Å². The molecular formula is C16H14N2O7. The van der Waals surface area contributed by atoms with E-state index in [0.717, 1.165) is 11.0 Å². The lowest BCUT2D eigenvalue weighted by atomic mass is 9.75. The van der Waals surface area contributed by atoms with Crippen LogP contribution in [-0.2, 0) is 14.3 Å². The highest BCUT2D eigenvalue weighted by Gasteiger charge is 2.79. The summed E-state index contributed by atoms with van der Waals surface area (Å²) in [5.74, 6) is -3.24. The van der Waals surface area contributed by atoms with Gasteiger partial charge in [-0.25, -0.2) is 4.90 Å². The van der Waals surface area contributed by atoms with Crippen LogP contribution in [0.2, 0.25) is 0 Å². The van der Waals surface area contributed by atoms with Crippen molar-refractivity contribution in [2.45, 2.75) is 11.3 Å². The monoisotopic (exact) mass is 346 g/mol.